The molecule has 13 heteroatoms. The lowest BCUT2D eigenvalue weighted by Gasteiger charge is -2.41. The van der Waals surface area contributed by atoms with Gasteiger partial charge in [-0.1, -0.05) is 6.07 Å². The zero-order valence-electron chi connectivity index (χ0n) is 21.4. The smallest absolute Gasteiger partial charge is 0.313 e. The lowest BCUT2D eigenvalue weighted by molar-refractivity contribution is -0.266. The molecule has 1 amide bonds. The number of amides is 1. The number of nitrogens with two attached hydrogens (primary N) is 1. The van der Waals surface area contributed by atoms with Crippen LogP contribution in [0.5, 0.6) is 0 Å². The van der Waals surface area contributed by atoms with Crippen LogP contribution in [0, 0.1) is 5.82 Å². The monoisotopic (exact) mass is 540 g/mol. The van der Waals surface area contributed by atoms with Crippen molar-refractivity contribution in [2.24, 2.45) is 5.73 Å². The highest BCUT2D eigenvalue weighted by Gasteiger charge is 2.43. The van der Waals surface area contributed by atoms with Gasteiger partial charge >= 0.3 is 5.97 Å². The van der Waals surface area contributed by atoms with Gasteiger partial charge in [0.15, 0.2) is 6.29 Å². The van der Waals surface area contributed by atoms with Gasteiger partial charge < -0.3 is 45.5 Å². The highest BCUT2D eigenvalue weighted by atomic mass is 19.1. The number of anilines is 1. The molecule has 0 bridgehead atoms. The van der Waals surface area contributed by atoms with Crippen molar-refractivity contribution in [2.75, 3.05) is 57.4 Å². The quantitative estimate of drug-likeness (QED) is 0.226. The van der Waals surface area contributed by atoms with Crippen molar-refractivity contribution in [3.63, 3.8) is 0 Å². The molecule has 0 spiro atoms. The molecule has 12 nitrogen and oxygen atoms in total. The molecule has 7 atom stereocenters. The third-order valence-corrected chi connectivity index (χ3v) is 7.35. The van der Waals surface area contributed by atoms with Gasteiger partial charge in [0, 0.05) is 46.1 Å². The summed E-state index contributed by atoms with van der Waals surface area (Å²) in [4.78, 5) is 27.5. The number of hydrogen-bond acceptors (Lipinski definition) is 11. The molecule has 212 valence electrons. The largest absolute Gasteiger partial charge is 0.460 e. The van der Waals surface area contributed by atoms with E-state index in [-0.39, 0.29) is 19.1 Å². The summed E-state index contributed by atoms with van der Waals surface area (Å²) in [5.74, 6) is -1.58. The van der Waals surface area contributed by atoms with Crippen LogP contribution in [-0.4, -0.2) is 121 Å². The van der Waals surface area contributed by atoms with E-state index in [4.69, 9.17) is 19.9 Å². The van der Waals surface area contributed by atoms with Crippen LogP contribution in [0.25, 0.3) is 0 Å². The minimum absolute atomic E-state index is 0.202. The number of nitrogens with one attached hydrogen (secondary N) is 1. The minimum Gasteiger partial charge on any atom is -0.460 e. The van der Waals surface area contributed by atoms with E-state index in [0.717, 1.165) is 0 Å². The summed E-state index contributed by atoms with van der Waals surface area (Å²) in [7, 11) is 0. The van der Waals surface area contributed by atoms with Crippen molar-refractivity contribution < 1.29 is 43.5 Å². The van der Waals surface area contributed by atoms with E-state index in [1.54, 1.807) is 12.1 Å². The molecule has 1 aromatic carbocycles. The van der Waals surface area contributed by atoms with Crippen molar-refractivity contribution in [3.8, 4) is 0 Å². The van der Waals surface area contributed by atoms with Crippen LogP contribution < -0.4 is 16.0 Å². The van der Waals surface area contributed by atoms with Crippen LogP contribution in [0.1, 0.15) is 24.8 Å². The normalized spacial score (nSPS) is 32.3. The number of esters is 1. The number of aliphatic hydroxyl groups excluding tert-OH is 3. The SMILES string of the molecule is CC(=O)NCC1CC(c2ccc(N3CCN(CCOC4OC(CO)C(O)C(O)C4N)CC3)c(F)c2)C(=O)O1. The van der Waals surface area contributed by atoms with Gasteiger partial charge in [-0.2, -0.15) is 0 Å². The van der Waals surface area contributed by atoms with Crippen LogP contribution >= 0.6 is 0 Å². The number of rotatable bonds is 9. The molecule has 0 aliphatic carbocycles. The van der Waals surface area contributed by atoms with E-state index in [9.17, 15) is 24.9 Å². The van der Waals surface area contributed by atoms with Gasteiger partial charge in [0.05, 0.1) is 37.4 Å². The van der Waals surface area contributed by atoms with E-state index in [0.29, 0.717) is 50.4 Å². The highest BCUT2D eigenvalue weighted by Crippen LogP contribution is 2.33. The molecule has 1 aromatic rings. The fourth-order valence-corrected chi connectivity index (χ4v) is 5.07. The van der Waals surface area contributed by atoms with Crippen LogP contribution in [0.2, 0.25) is 0 Å². The Labute approximate surface area is 220 Å². The Morgan fingerprint density at radius 1 is 1.24 bits per heavy atom. The van der Waals surface area contributed by atoms with Crippen molar-refractivity contribution in [1.29, 1.82) is 0 Å². The molecule has 3 fully saturated rings. The molecule has 3 saturated heterocycles. The van der Waals surface area contributed by atoms with Crippen LogP contribution in [-0.2, 0) is 23.8 Å². The van der Waals surface area contributed by atoms with Gasteiger partial charge in [-0.05, 0) is 17.7 Å². The average molecular weight is 541 g/mol. The lowest BCUT2D eigenvalue weighted by Crippen LogP contribution is -2.62. The minimum atomic E-state index is -1.28. The number of carbonyl (C=O) groups excluding carboxylic acids is 2. The number of benzene rings is 1. The molecule has 3 aliphatic heterocycles. The van der Waals surface area contributed by atoms with Crippen LogP contribution in [0.3, 0.4) is 0 Å². The first-order chi connectivity index (χ1) is 18.2. The van der Waals surface area contributed by atoms with Gasteiger partial charge in [0.2, 0.25) is 5.91 Å². The van der Waals surface area contributed by atoms with Gasteiger partial charge in [0.25, 0.3) is 0 Å². The fraction of sp³-hybridized carbons (Fsp3) is 0.680. The summed E-state index contributed by atoms with van der Waals surface area (Å²) < 4.78 is 31.5. The first-order valence-electron chi connectivity index (χ1n) is 12.9. The van der Waals surface area contributed by atoms with E-state index in [2.05, 4.69) is 10.2 Å². The number of piperazine rings is 1. The summed E-state index contributed by atoms with van der Waals surface area (Å²) in [5.41, 5.74) is 6.92. The molecule has 4 rings (SSSR count). The van der Waals surface area contributed by atoms with Crippen LogP contribution in [0.4, 0.5) is 10.1 Å². The number of aliphatic hydroxyl groups is 3. The van der Waals surface area contributed by atoms with E-state index in [1.165, 1.54) is 13.0 Å². The topological polar surface area (TPSA) is 167 Å². The molecular formula is C25H37FN4O8. The number of cyclic esters (lactones) is 1. The Bertz CT molecular complexity index is 977. The van der Waals surface area contributed by atoms with Gasteiger partial charge in [-0.3, -0.25) is 14.5 Å². The molecule has 0 aromatic heterocycles. The Kier molecular flexibility index (Phi) is 9.52. The maximum absolute atomic E-state index is 15.1. The third kappa shape index (κ3) is 6.60. The molecule has 7 unspecified atom stereocenters. The van der Waals surface area contributed by atoms with Crippen molar-refractivity contribution in [1.82, 2.24) is 10.2 Å². The molecule has 0 saturated carbocycles. The number of carbonyl (C=O) groups is 2. The zero-order chi connectivity index (χ0) is 27.4. The van der Waals surface area contributed by atoms with Gasteiger partial charge in [-0.15, -0.1) is 0 Å². The third-order valence-electron chi connectivity index (χ3n) is 7.35. The lowest BCUT2D eigenvalue weighted by atomic mass is 9.95. The molecule has 3 aliphatic rings. The molecular weight excluding hydrogens is 503 g/mol. The second kappa shape index (κ2) is 12.6. The van der Waals surface area contributed by atoms with Crippen molar-refractivity contribution >= 4 is 17.6 Å². The maximum Gasteiger partial charge on any atom is 0.313 e. The Hall–Kier alpha value is -2.39. The first kappa shape index (κ1) is 28.6. The van der Waals surface area contributed by atoms with Crippen LogP contribution in [0.15, 0.2) is 18.2 Å². The molecule has 38 heavy (non-hydrogen) atoms. The predicted octanol–water partition coefficient (Wildman–Crippen LogP) is -1.73. The van der Waals surface area contributed by atoms with Crippen molar-refractivity contribution in [3.05, 3.63) is 29.6 Å². The van der Waals surface area contributed by atoms with E-state index in [1.807, 2.05) is 4.90 Å². The number of nitrogens with zero attached hydrogens (tertiary/aromatic N) is 2. The van der Waals surface area contributed by atoms with E-state index >= 15 is 4.39 Å². The Balaban J connectivity index is 1.24. The summed E-state index contributed by atoms with van der Waals surface area (Å²) >= 11 is 0. The van der Waals surface area contributed by atoms with E-state index < -0.39 is 61.1 Å². The maximum atomic E-state index is 15.1. The number of ether oxygens (including phenoxy) is 3. The second-order valence-electron chi connectivity index (χ2n) is 9.98. The van der Waals surface area contributed by atoms with Gasteiger partial charge in [-0.25, -0.2) is 4.39 Å². The highest BCUT2D eigenvalue weighted by molar-refractivity contribution is 5.80. The second-order valence-corrected chi connectivity index (χ2v) is 9.98. The predicted molar refractivity (Wildman–Crippen MR) is 133 cm³/mol. The first-order valence-corrected chi connectivity index (χ1v) is 12.9. The number of halogens is 1. The average Bonchev–Trinajstić information content (AvgIpc) is 3.28. The summed E-state index contributed by atoms with van der Waals surface area (Å²) in [6.07, 6.45) is -4.50. The summed E-state index contributed by atoms with van der Waals surface area (Å²) in [5, 5.41) is 31.9. The Morgan fingerprint density at radius 2 is 1.97 bits per heavy atom. The summed E-state index contributed by atoms with van der Waals surface area (Å²) in [6.45, 7) is 4.53. The summed E-state index contributed by atoms with van der Waals surface area (Å²) in [6, 6.07) is 3.89. The standard InChI is InChI=1S/C25H37FN4O8/c1-14(32)28-12-16-11-17(24(35)37-16)15-2-3-19(18(26)10-15)30-6-4-29(5-7-30)8-9-36-25-21(27)23(34)22(33)20(13-31)38-25/h2-3,10,16-17,20-23,25,31,33-34H,4-9,11-13,27H2,1H3,(H,28,32). The molecule has 3 heterocycles. The fourth-order valence-electron chi connectivity index (χ4n) is 5.07. The number of hydrogen-bond donors (Lipinski definition) is 5. The van der Waals surface area contributed by atoms with Gasteiger partial charge in [0.1, 0.15) is 30.2 Å². The molecule has 0 radical (unpaired) electrons. The van der Waals surface area contributed by atoms with Crippen molar-refractivity contribution in [2.45, 2.75) is 56.0 Å². The zero-order valence-corrected chi connectivity index (χ0v) is 21.4. The Morgan fingerprint density at radius 3 is 2.63 bits per heavy atom. The molecule has 6 N–H and O–H groups in total.